The summed E-state index contributed by atoms with van der Waals surface area (Å²) in [6.45, 7) is 2.44. The molecular weight excluding hydrogens is 332 g/mol. The van der Waals surface area contributed by atoms with Crippen molar-refractivity contribution in [3.8, 4) is 0 Å². The van der Waals surface area contributed by atoms with Crippen molar-refractivity contribution in [1.82, 2.24) is 5.32 Å². The number of rotatable bonds is 1. The van der Waals surface area contributed by atoms with E-state index in [9.17, 15) is 9.59 Å². The molecule has 1 aliphatic carbocycles. The molecule has 1 heterocycles. The molecule has 1 saturated heterocycles. The third kappa shape index (κ3) is 2.48. The Morgan fingerprint density at radius 3 is 2.67 bits per heavy atom. The average molecular weight is 351 g/mol. The van der Waals surface area contributed by atoms with Gasteiger partial charge in [-0.15, -0.1) is 0 Å². The second kappa shape index (κ2) is 5.44. The Hall–Kier alpha value is -1.36. The smallest absolute Gasteiger partial charge is 0.252 e. The van der Waals surface area contributed by atoms with Gasteiger partial charge in [0, 0.05) is 23.1 Å². The fourth-order valence-electron chi connectivity index (χ4n) is 3.39. The molecule has 4 nitrogen and oxygen atoms in total. The zero-order valence-corrected chi connectivity index (χ0v) is 13.7. The van der Waals surface area contributed by atoms with E-state index in [0.717, 1.165) is 41.4 Å². The largest absolute Gasteiger partial charge is 0.342 e. The van der Waals surface area contributed by atoms with Crippen LogP contribution in [0.25, 0.3) is 0 Å². The molecule has 5 heteroatoms. The Bertz CT molecular complexity index is 594. The third-order valence-corrected chi connectivity index (χ3v) is 5.44. The molecule has 112 valence electrons. The summed E-state index contributed by atoms with van der Waals surface area (Å²) in [7, 11) is 0. The zero-order chi connectivity index (χ0) is 15.0. The molecule has 1 saturated carbocycles. The molecule has 1 aromatic carbocycles. The van der Waals surface area contributed by atoms with Gasteiger partial charge in [-0.3, -0.25) is 9.59 Å². The lowest BCUT2D eigenvalue weighted by Gasteiger charge is -2.32. The summed E-state index contributed by atoms with van der Waals surface area (Å²) in [5.41, 5.74) is 1.26. The fraction of sp³-hybridized carbons (Fsp3) is 0.500. The lowest BCUT2D eigenvalue weighted by Crippen LogP contribution is -2.55. The molecule has 21 heavy (non-hydrogen) atoms. The number of anilines is 1. The number of nitrogens with one attached hydrogen (secondary N) is 1. The van der Waals surface area contributed by atoms with E-state index in [1.165, 1.54) is 0 Å². The highest BCUT2D eigenvalue weighted by Gasteiger charge is 2.46. The summed E-state index contributed by atoms with van der Waals surface area (Å²) in [4.78, 5) is 26.9. The van der Waals surface area contributed by atoms with Gasteiger partial charge < -0.3 is 10.2 Å². The van der Waals surface area contributed by atoms with Crippen molar-refractivity contribution < 1.29 is 9.59 Å². The van der Waals surface area contributed by atoms with Crippen LogP contribution in [0, 0.1) is 6.92 Å². The van der Waals surface area contributed by atoms with Crippen LogP contribution < -0.4 is 10.2 Å². The first kappa shape index (κ1) is 14.6. The van der Waals surface area contributed by atoms with E-state index < -0.39 is 5.54 Å². The highest BCUT2D eigenvalue weighted by Crippen LogP contribution is 2.36. The first-order chi connectivity index (χ1) is 10.0. The lowest BCUT2D eigenvalue weighted by atomic mass is 9.95. The van der Waals surface area contributed by atoms with Crippen LogP contribution in [-0.2, 0) is 9.59 Å². The van der Waals surface area contributed by atoms with Crippen molar-refractivity contribution in [3.05, 3.63) is 28.2 Å². The maximum atomic E-state index is 13.1. The summed E-state index contributed by atoms with van der Waals surface area (Å²) in [6, 6.07) is 5.85. The Morgan fingerprint density at radius 1 is 1.24 bits per heavy atom. The number of nitrogens with zero attached hydrogens (tertiary/aromatic N) is 1. The van der Waals surface area contributed by atoms with Crippen LogP contribution in [0.15, 0.2) is 22.7 Å². The van der Waals surface area contributed by atoms with Crippen LogP contribution in [0.3, 0.4) is 0 Å². The highest BCUT2D eigenvalue weighted by atomic mass is 79.9. The van der Waals surface area contributed by atoms with Crippen molar-refractivity contribution in [3.63, 3.8) is 0 Å². The van der Waals surface area contributed by atoms with Gasteiger partial charge in [-0.2, -0.15) is 0 Å². The molecule has 1 spiro atoms. The first-order valence-electron chi connectivity index (χ1n) is 7.42. The minimum Gasteiger partial charge on any atom is -0.342 e. The zero-order valence-electron chi connectivity index (χ0n) is 12.1. The van der Waals surface area contributed by atoms with E-state index in [0.29, 0.717) is 13.0 Å². The normalized spacial score (nSPS) is 21.5. The van der Waals surface area contributed by atoms with Crippen LogP contribution in [0.1, 0.15) is 37.7 Å². The van der Waals surface area contributed by atoms with Crippen LogP contribution >= 0.6 is 15.9 Å². The standard InChI is InChI=1S/C16H19BrN2O2/c1-11-12(17)5-4-6-13(11)19-10-7-14(20)18-16(15(19)21)8-2-3-9-16/h4-6H,2-3,7-10H2,1H3,(H,18,20). The van der Waals surface area contributed by atoms with E-state index in [1.807, 2.05) is 25.1 Å². The summed E-state index contributed by atoms with van der Waals surface area (Å²) in [6.07, 6.45) is 3.86. The second-order valence-electron chi connectivity index (χ2n) is 5.93. The third-order valence-electron chi connectivity index (χ3n) is 4.58. The van der Waals surface area contributed by atoms with Crippen LogP contribution in [0.2, 0.25) is 0 Å². The molecule has 1 aromatic rings. The van der Waals surface area contributed by atoms with Crippen molar-refractivity contribution in [2.24, 2.45) is 0 Å². The van der Waals surface area contributed by atoms with Gasteiger partial charge in [0.25, 0.3) is 5.91 Å². The van der Waals surface area contributed by atoms with E-state index in [-0.39, 0.29) is 11.8 Å². The summed E-state index contributed by atoms with van der Waals surface area (Å²) in [5, 5.41) is 3.00. The van der Waals surface area contributed by atoms with Gasteiger partial charge in [-0.1, -0.05) is 34.8 Å². The molecule has 0 radical (unpaired) electrons. The van der Waals surface area contributed by atoms with Gasteiger partial charge >= 0.3 is 0 Å². The van der Waals surface area contributed by atoms with Gasteiger partial charge in [-0.05, 0) is 37.5 Å². The number of benzene rings is 1. The van der Waals surface area contributed by atoms with Crippen molar-refractivity contribution in [2.45, 2.75) is 44.6 Å². The molecule has 0 atom stereocenters. The molecule has 0 unspecified atom stereocenters. The number of carbonyl (C=O) groups excluding carboxylic acids is 2. The van der Waals surface area contributed by atoms with Crippen LogP contribution in [0.4, 0.5) is 5.69 Å². The van der Waals surface area contributed by atoms with Gasteiger partial charge in [0.1, 0.15) is 5.54 Å². The molecular formula is C16H19BrN2O2. The van der Waals surface area contributed by atoms with Crippen molar-refractivity contribution >= 4 is 33.4 Å². The number of hydrogen-bond donors (Lipinski definition) is 1. The maximum Gasteiger partial charge on any atom is 0.252 e. The Balaban J connectivity index is 2.03. The van der Waals surface area contributed by atoms with Crippen molar-refractivity contribution in [2.75, 3.05) is 11.4 Å². The SMILES string of the molecule is Cc1c(Br)cccc1N1CCC(=O)NC2(CCCC2)C1=O. The van der Waals surface area contributed by atoms with Crippen LogP contribution in [-0.4, -0.2) is 23.9 Å². The van der Waals surface area contributed by atoms with Gasteiger partial charge in [0.15, 0.2) is 0 Å². The Morgan fingerprint density at radius 2 is 1.95 bits per heavy atom. The summed E-state index contributed by atoms with van der Waals surface area (Å²) < 4.78 is 0.983. The molecule has 0 bridgehead atoms. The van der Waals surface area contributed by atoms with E-state index >= 15 is 0 Å². The van der Waals surface area contributed by atoms with Gasteiger partial charge in [0.2, 0.25) is 5.91 Å². The average Bonchev–Trinajstić information content (AvgIpc) is 2.88. The molecule has 0 aromatic heterocycles. The number of amides is 2. The first-order valence-corrected chi connectivity index (χ1v) is 8.21. The molecule has 1 N–H and O–H groups in total. The van der Waals surface area contributed by atoms with E-state index in [4.69, 9.17) is 0 Å². The Kier molecular flexibility index (Phi) is 3.78. The molecule has 2 fully saturated rings. The Labute approximate surface area is 133 Å². The van der Waals surface area contributed by atoms with Gasteiger partial charge in [0.05, 0.1) is 0 Å². The topological polar surface area (TPSA) is 49.4 Å². The maximum absolute atomic E-state index is 13.1. The summed E-state index contributed by atoms with van der Waals surface area (Å²) in [5.74, 6) is 0.0347. The van der Waals surface area contributed by atoms with Crippen molar-refractivity contribution in [1.29, 1.82) is 0 Å². The number of halogens is 1. The minimum atomic E-state index is -0.678. The predicted octanol–water partition coefficient (Wildman–Crippen LogP) is 2.92. The van der Waals surface area contributed by atoms with Gasteiger partial charge in [-0.25, -0.2) is 0 Å². The number of hydrogen-bond acceptors (Lipinski definition) is 2. The summed E-state index contributed by atoms with van der Waals surface area (Å²) >= 11 is 3.52. The molecule has 3 rings (SSSR count). The molecule has 2 aliphatic rings. The second-order valence-corrected chi connectivity index (χ2v) is 6.78. The number of carbonyl (C=O) groups is 2. The van der Waals surface area contributed by atoms with Crippen LogP contribution in [0.5, 0.6) is 0 Å². The predicted molar refractivity (Wildman–Crippen MR) is 85.2 cm³/mol. The van der Waals surface area contributed by atoms with E-state index in [1.54, 1.807) is 4.90 Å². The van der Waals surface area contributed by atoms with E-state index in [2.05, 4.69) is 21.2 Å². The quantitative estimate of drug-likeness (QED) is 0.846. The highest BCUT2D eigenvalue weighted by molar-refractivity contribution is 9.10. The monoisotopic (exact) mass is 350 g/mol. The fourth-order valence-corrected chi connectivity index (χ4v) is 3.75. The minimum absolute atomic E-state index is 0.0135. The molecule has 1 aliphatic heterocycles. The lowest BCUT2D eigenvalue weighted by molar-refractivity contribution is -0.129. The molecule has 2 amide bonds.